The first-order valence-corrected chi connectivity index (χ1v) is 7.99. The average molecular weight is 297 g/mol. The van der Waals surface area contributed by atoms with Crippen LogP contribution in [0, 0.1) is 0 Å². The SMILES string of the molecule is CCNc1nc(N)c(C(=O)NCCN(CC)C2CC2)s1. The number of nitrogen functional groups attached to an aromatic ring is 1. The first-order chi connectivity index (χ1) is 9.65. The molecular formula is C13H23N5OS. The van der Waals surface area contributed by atoms with Gasteiger partial charge in [-0.3, -0.25) is 9.69 Å². The summed E-state index contributed by atoms with van der Waals surface area (Å²) in [4.78, 5) is 19.1. The van der Waals surface area contributed by atoms with Gasteiger partial charge in [0, 0.05) is 25.7 Å². The third-order valence-electron chi connectivity index (χ3n) is 3.34. The molecule has 0 spiro atoms. The van der Waals surface area contributed by atoms with E-state index < -0.39 is 0 Å². The van der Waals surface area contributed by atoms with Crippen LogP contribution in [0.5, 0.6) is 0 Å². The van der Waals surface area contributed by atoms with Gasteiger partial charge in [-0.1, -0.05) is 18.3 Å². The van der Waals surface area contributed by atoms with Gasteiger partial charge in [0.05, 0.1) is 0 Å². The summed E-state index contributed by atoms with van der Waals surface area (Å²) in [6, 6.07) is 0.728. The zero-order chi connectivity index (χ0) is 14.5. The van der Waals surface area contributed by atoms with Crippen molar-refractivity contribution >= 4 is 28.2 Å². The Hall–Kier alpha value is -1.34. The smallest absolute Gasteiger partial charge is 0.265 e. The van der Waals surface area contributed by atoms with E-state index in [0.29, 0.717) is 22.4 Å². The largest absolute Gasteiger partial charge is 0.382 e. The zero-order valence-electron chi connectivity index (χ0n) is 12.1. The van der Waals surface area contributed by atoms with E-state index in [0.717, 1.165) is 25.7 Å². The molecule has 112 valence electrons. The summed E-state index contributed by atoms with van der Waals surface area (Å²) in [5.41, 5.74) is 5.78. The normalized spacial score (nSPS) is 14.6. The maximum atomic E-state index is 12.1. The van der Waals surface area contributed by atoms with Crippen molar-refractivity contribution in [2.24, 2.45) is 0 Å². The Balaban J connectivity index is 1.81. The molecule has 6 nitrogen and oxygen atoms in total. The number of rotatable bonds is 8. The monoisotopic (exact) mass is 297 g/mol. The molecule has 0 radical (unpaired) electrons. The lowest BCUT2D eigenvalue weighted by atomic mass is 10.4. The van der Waals surface area contributed by atoms with Crippen molar-refractivity contribution in [2.45, 2.75) is 32.7 Å². The highest BCUT2D eigenvalue weighted by atomic mass is 32.1. The number of nitrogens with two attached hydrogens (primary N) is 1. The number of anilines is 2. The standard InChI is InChI=1S/C13H23N5OS/c1-3-15-13-17-11(14)10(20-13)12(19)16-7-8-18(4-2)9-5-6-9/h9H,3-8,14H2,1-2H3,(H,15,17)(H,16,19). The minimum absolute atomic E-state index is 0.129. The van der Waals surface area contributed by atoms with Gasteiger partial charge >= 0.3 is 0 Å². The Morgan fingerprint density at radius 1 is 1.50 bits per heavy atom. The number of amides is 1. The van der Waals surface area contributed by atoms with Crippen LogP contribution in [0.15, 0.2) is 0 Å². The van der Waals surface area contributed by atoms with E-state index in [-0.39, 0.29) is 5.91 Å². The van der Waals surface area contributed by atoms with Crippen molar-refractivity contribution in [3.05, 3.63) is 4.88 Å². The summed E-state index contributed by atoms with van der Waals surface area (Å²) >= 11 is 1.30. The summed E-state index contributed by atoms with van der Waals surface area (Å²) in [5, 5.41) is 6.69. The van der Waals surface area contributed by atoms with Crippen molar-refractivity contribution < 1.29 is 4.79 Å². The molecule has 1 fully saturated rings. The lowest BCUT2D eigenvalue weighted by Gasteiger charge is -2.19. The topological polar surface area (TPSA) is 83.3 Å². The lowest BCUT2D eigenvalue weighted by molar-refractivity contribution is 0.0952. The Morgan fingerprint density at radius 2 is 2.25 bits per heavy atom. The fourth-order valence-corrected chi connectivity index (χ4v) is 3.02. The molecule has 0 aromatic carbocycles. The second-order valence-corrected chi connectivity index (χ2v) is 5.88. The highest BCUT2D eigenvalue weighted by Crippen LogP contribution is 2.26. The molecule has 0 atom stereocenters. The molecule has 20 heavy (non-hydrogen) atoms. The molecule has 1 aromatic rings. The van der Waals surface area contributed by atoms with E-state index >= 15 is 0 Å². The third kappa shape index (κ3) is 3.83. The van der Waals surface area contributed by atoms with Crippen LogP contribution in [-0.4, -0.2) is 48.0 Å². The Morgan fingerprint density at radius 3 is 2.85 bits per heavy atom. The van der Waals surface area contributed by atoms with Gasteiger partial charge < -0.3 is 16.4 Å². The van der Waals surface area contributed by atoms with Gasteiger partial charge in [0.2, 0.25) is 0 Å². The number of nitrogens with one attached hydrogen (secondary N) is 2. The highest BCUT2D eigenvalue weighted by molar-refractivity contribution is 7.18. The maximum absolute atomic E-state index is 12.1. The first-order valence-electron chi connectivity index (χ1n) is 7.18. The van der Waals surface area contributed by atoms with Crippen LogP contribution in [0.3, 0.4) is 0 Å². The van der Waals surface area contributed by atoms with Crippen LogP contribution >= 0.6 is 11.3 Å². The summed E-state index contributed by atoms with van der Waals surface area (Å²) in [6.45, 7) is 7.48. The van der Waals surface area contributed by atoms with Crippen LogP contribution in [0.25, 0.3) is 0 Å². The molecule has 2 rings (SSSR count). The zero-order valence-corrected chi connectivity index (χ0v) is 12.9. The molecule has 0 aliphatic heterocycles. The second-order valence-electron chi connectivity index (χ2n) is 4.88. The quantitative estimate of drug-likeness (QED) is 0.675. The fraction of sp³-hybridized carbons (Fsp3) is 0.692. The summed E-state index contributed by atoms with van der Waals surface area (Å²) in [7, 11) is 0. The number of likely N-dealkylation sites (N-methyl/N-ethyl adjacent to an activating group) is 1. The molecule has 1 amide bonds. The van der Waals surface area contributed by atoms with Gasteiger partial charge in [0.1, 0.15) is 10.7 Å². The van der Waals surface area contributed by atoms with Gasteiger partial charge in [-0.25, -0.2) is 4.98 Å². The van der Waals surface area contributed by atoms with Crippen molar-refractivity contribution in [3.63, 3.8) is 0 Å². The van der Waals surface area contributed by atoms with Gasteiger partial charge in [0.25, 0.3) is 5.91 Å². The van der Waals surface area contributed by atoms with Gasteiger partial charge in [-0.15, -0.1) is 0 Å². The van der Waals surface area contributed by atoms with Crippen molar-refractivity contribution in [3.8, 4) is 0 Å². The molecule has 1 saturated carbocycles. The van der Waals surface area contributed by atoms with Crippen LogP contribution in [0.2, 0.25) is 0 Å². The van der Waals surface area contributed by atoms with Crippen LogP contribution in [0.4, 0.5) is 10.9 Å². The molecule has 1 heterocycles. The van der Waals surface area contributed by atoms with E-state index in [4.69, 9.17) is 5.73 Å². The molecule has 7 heteroatoms. The molecule has 1 aromatic heterocycles. The molecule has 0 unspecified atom stereocenters. The van der Waals surface area contributed by atoms with E-state index in [1.165, 1.54) is 24.2 Å². The molecular weight excluding hydrogens is 274 g/mol. The third-order valence-corrected chi connectivity index (χ3v) is 4.37. The number of hydrogen-bond donors (Lipinski definition) is 3. The number of aromatic nitrogens is 1. The summed E-state index contributed by atoms with van der Waals surface area (Å²) < 4.78 is 0. The minimum atomic E-state index is -0.129. The Bertz CT molecular complexity index is 458. The molecule has 1 aliphatic rings. The number of carbonyl (C=O) groups excluding carboxylic acids is 1. The van der Waals surface area contributed by atoms with E-state index in [9.17, 15) is 4.79 Å². The van der Waals surface area contributed by atoms with Crippen LogP contribution < -0.4 is 16.4 Å². The minimum Gasteiger partial charge on any atom is -0.382 e. The fourth-order valence-electron chi connectivity index (χ4n) is 2.15. The average Bonchev–Trinajstić information content (AvgIpc) is 3.19. The predicted octanol–water partition coefficient (Wildman–Crippen LogP) is 1.37. The van der Waals surface area contributed by atoms with E-state index in [1.54, 1.807) is 0 Å². The number of hydrogen-bond acceptors (Lipinski definition) is 6. The predicted molar refractivity (Wildman–Crippen MR) is 83.3 cm³/mol. The Labute approximate surface area is 123 Å². The van der Waals surface area contributed by atoms with Crippen LogP contribution in [-0.2, 0) is 0 Å². The molecule has 0 saturated heterocycles. The summed E-state index contributed by atoms with van der Waals surface area (Å²) in [5.74, 6) is 0.175. The lowest BCUT2D eigenvalue weighted by Crippen LogP contribution is -2.36. The number of nitrogens with zero attached hydrogens (tertiary/aromatic N) is 2. The number of carbonyl (C=O) groups is 1. The molecule has 4 N–H and O–H groups in total. The van der Waals surface area contributed by atoms with E-state index in [2.05, 4.69) is 27.4 Å². The van der Waals surface area contributed by atoms with Crippen molar-refractivity contribution in [1.29, 1.82) is 0 Å². The summed E-state index contributed by atoms with van der Waals surface area (Å²) in [6.07, 6.45) is 2.57. The molecule has 0 bridgehead atoms. The van der Waals surface area contributed by atoms with Gasteiger partial charge in [0.15, 0.2) is 5.13 Å². The van der Waals surface area contributed by atoms with Crippen LogP contribution in [0.1, 0.15) is 36.4 Å². The van der Waals surface area contributed by atoms with Crippen molar-refractivity contribution in [1.82, 2.24) is 15.2 Å². The van der Waals surface area contributed by atoms with Gasteiger partial charge in [-0.05, 0) is 26.3 Å². The van der Waals surface area contributed by atoms with Crippen molar-refractivity contribution in [2.75, 3.05) is 37.2 Å². The Kier molecular flexibility index (Phi) is 5.19. The van der Waals surface area contributed by atoms with Gasteiger partial charge in [-0.2, -0.15) is 0 Å². The number of thiazole rings is 1. The maximum Gasteiger partial charge on any atom is 0.265 e. The second kappa shape index (κ2) is 6.90. The first kappa shape index (κ1) is 15.1. The van der Waals surface area contributed by atoms with E-state index in [1.807, 2.05) is 6.92 Å². The molecule has 1 aliphatic carbocycles. The highest BCUT2D eigenvalue weighted by Gasteiger charge is 2.27.